The van der Waals surface area contributed by atoms with Gasteiger partial charge < -0.3 is 9.47 Å². The molecule has 0 saturated carbocycles. The van der Waals surface area contributed by atoms with Crippen molar-refractivity contribution in [1.82, 2.24) is 0 Å². The Labute approximate surface area is 83.6 Å². The van der Waals surface area contributed by atoms with Crippen LogP contribution in [0.3, 0.4) is 0 Å². The molecule has 4 heteroatoms. The lowest BCUT2D eigenvalue weighted by Crippen LogP contribution is -2.28. The predicted molar refractivity (Wildman–Crippen MR) is 49.8 cm³/mol. The van der Waals surface area contributed by atoms with Gasteiger partial charge in [-0.3, -0.25) is 9.59 Å². The van der Waals surface area contributed by atoms with Crippen LogP contribution in [0.4, 0.5) is 0 Å². The zero-order valence-electron chi connectivity index (χ0n) is 8.62. The zero-order valence-corrected chi connectivity index (χ0v) is 8.62. The highest BCUT2D eigenvalue weighted by atomic mass is 16.5. The fourth-order valence-corrected chi connectivity index (χ4v) is 1.55. The Morgan fingerprint density at radius 3 is 3.00 bits per heavy atom. The molecule has 0 aromatic heterocycles. The highest BCUT2D eigenvalue weighted by Crippen LogP contribution is 2.17. The first kappa shape index (κ1) is 11.2. The van der Waals surface area contributed by atoms with E-state index in [2.05, 4.69) is 4.74 Å². The lowest BCUT2D eigenvalue weighted by Gasteiger charge is -2.16. The van der Waals surface area contributed by atoms with Crippen LogP contribution in [-0.2, 0) is 19.1 Å². The molecular weight excluding hydrogens is 184 g/mol. The van der Waals surface area contributed by atoms with Gasteiger partial charge in [0.15, 0.2) is 5.78 Å². The van der Waals surface area contributed by atoms with Crippen LogP contribution in [0.2, 0.25) is 0 Å². The van der Waals surface area contributed by atoms with Crippen LogP contribution < -0.4 is 0 Å². The van der Waals surface area contributed by atoms with Gasteiger partial charge in [0.1, 0.15) is 6.10 Å². The molecule has 1 rings (SSSR count). The zero-order chi connectivity index (χ0) is 10.6. The largest absolute Gasteiger partial charge is 0.469 e. The van der Waals surface area contributed by atoms with Gasteiger partial charge in [-0.15, -0.1) is 0 Å². The smallest absolute Gasteiger partial charge is 0.308 e. The van der Waals surface area contributed by atoms with E-state index in [-0.39, 0.29) is 18.3 Å². The first-order valence-electron chi connectivity index (χ1n) is 4.88. The molecule has 14 heavy (non-hydrogen) atoms. The van der Waals surface area contributed by atoms with E-state index >= 15 is 0 Å². The van der Waals surface area contributed by atoms with Gasteiger partial charge >= 0.3 is 5.97 Å². The molecule has 0 spiro atoms. The number of rotatable bonds is 2. The van der Waals surface area contributed by atoms with Crippen molar-refractivity contribution in [3.63, 3.8) is 0 Å². The summed E-state index contributed by atoms with van der Waals surface area (Å²) >= 11 is 0. The minimum atomic E-state index is -0.597. The molecule has 0 unspecified atom stereocenters. The van der Waals surface area contributed by atoms with Crippen LogP contribution in [0.5, 0.6) is 0 Å². The topological polar surface area (TPSA) is 52.6 Å². The fourth-order valence-electron chi connectivity index (χ4n) is 1.55. The summed E-state index contributed by atoms with van der Waals surface area (Å²) in [6.45, 7) is 1.92. The summed E-state index contributed by atoms with van der Waals surface area (Å²) in [6.07, 6.45) is 1.73. The number of hydrogen-bond acceptors (Lipinski definition) is 4. The van der Waals surface area contributed by atoms with Crippen LogP contribution in [-0.4, -0.2) is 31.1 Å². The Morgan fingerprint density at radius 2 is 2.36 bits per heavy atom. The van der Waals surface area contributed by atoms with E-state index in [1.54, 1.807) is 0 Å². The van der Waals surface area contributed by atoms with E-state index < -0.39 is 12.1 Å². The lowest BCUT2D eigenvalue weighted by molar-refractivity contribution is -0.149. The predicted octanol–water partition coefficient (Wildman–Crippen LogP) is 1.08. The van der Waals surface area contributed by atoms with Gasteiger partial charge in [-0.2, -0.15) is 0 Å². The summed E-state index contributed by atoms with van der Waals surface area (Å²) in [7, 11) is 1.31. The Bertz CT molecular complexity index is 224. The number of hydrogen-bond donors (Lipinski definition) is 0. The summed E-state index contributed by atoms with van der Waals surface area (Å²) < 4.78 is 9.95. The second-order valence-electron chi connectivity index (χ2n) is 3.57. The molecule has 0 N–H and O–H groups in total. The van der Waals surface area contributed by atoms with Crippen molar-refractivity contribution in [2.45, 2.75) is 44.8 Å². The third-order valence-corrected chi connectivity index (χ3v) is 2.37. The molecule has 1 saturated heterocycles. The summed E-state index contributed by atoms with van der Waals surface area (Å²) in [5.41, 5.74) is 0. The molecule has 1 aliphatic rings. The number of carbonyl (C=O) groups excluding carboxylic acids is 2. The lowest BCUT2D eigenvalue weighted by atomic mass is 10.1. The molecule has 0 aliphatic carbocycles. The molecular formula is C10H16O4. The Morgan fingerprint density at radius 1 is 1.64 bits per heavy atom. The maximum atomic E-state index is 11.5. The van der Waals surface area contributed by atoms with Gasteiger partial charge in [-0.05, 0) is 19.8 Å². The summed E-state index contributed by atoms with van der Waals surface area (Å²) in [4.78, 5) is 22.5. The van der Waals surface area contributed by atoms with E-state index in [0.717, 1.165) is 12.8 Å². The number of ether oxygens (including phenoxy) is 2. The van der Waals surface area contributed by atoms with Crippen LogP contribution in [0.1, 0.15) is 32.6 Å². The second-order valence-corrected chi connectivity index (χ2v) is 3.57. The van der Waals surface area contributed by atoms with Crippen molar-refractivity contribution in [2.24, 2.45) is 0 Å². The fraction of sp³-hybridized carbons (Fsp3) is 0.800. The number of carbonyl (C=O) groups is 2. The Balaban J connectivity index is 2.54. The first-order chi connectivity index (χ1) is 6.63. The normalized spacial score (nSPS) is 28.3. The minimum absolute atomic E-state index is 0.0137. The van der Waals surface area contributed by atoms with Crippen molar-refractivity contribution in [2.75, 3.05) is 7.11 Å². The summed E-state index contributed by atoms with van der Waals surface area (Å²) in [6, 6.07) is 0. The SMILES string of the molecule is COC(=O)C[C@H]1O[C@@H](C)CCCC1=O. The third-order valence-electron chi connectivity index (χ3n) is 2.37. The van der Waals surface area contributed by atoms with Crippen LogP contribution in [0.15, 0.2) is 0 Å². The molecule has 1 heterocycles. The quantitative estimate of drug-likeness (QED) is 0.626. The van der Waals surface area contributed by atoms with Gasteiger partial charge in [-0.1, -0.05) is 0 Å². The molecule has 0 radical (unpaired) electrons. The van der Waals surface area contributed by atoms with Crippen LogP contribution in [0, 0.1) is 0 Å². The molecule has 1 fully saturated rings. The van der Waals surface area contributed by atoms with Gasteiger partial charge in [0.25, 0.3) is 0 Å². The van der Waals surface area contributed by atoms with Crippen molar-refractivity contribution < 1.29 is 19.1 Å². The van der Waals surface area contributed by atoms with Crippen LogP contribution in [0.25, 0.3) is 0 Å². The molecule has 0 aromatic rings. The summed E-state index contributed by atoms with van der Waals surface area (Å²) in [5.74, 6) is -0.378. The standard InChI is InChI=1S/C10H16O4/c1-7-4-3-5-8(11)9(14-7)6-10(12)13-2/h7,9H,3-6H2,1-2H3/t7-,9+/m0/s1. The second kappa shape index (κ2) is 5.10. The minimum Gasteiger partial charge on any atom is -0.469 e. The van der Waals surface area contributed by atoms with Crippen molar-refractivity contribution >= 4 is 11.8 Å². The average Bonchev–Trinajstić information content (AvgIpc) is 2.29. The maximum Gasteiger partial charge on any atom is 0.308 e. The molecule has 80 valence electrons. The average molecular weight is 200 g/mol. The van der Waals surface area contributed by atoms with Gasteiger partial charge in [0, 0.05) is 6.42 Å². The van der Waals surface area contributed by atoms with Gasteiger partial charge in [0.2, 0.25) is 0 Å². The van der Waals surface area contributed by atoms with E-state index in [1.807, 2.05) is 6.92 Å². The summed E-state index contributed by atoms with van der Waals surface area (Å²) in [5, 5.41) is 0. The van der Waals surface area contributed by atoms with Crippen molar-refractivity contribution in [1.29, 1.82) is 0 Å². The molecule has 4 nitrogen and oxygen atoms in total. The van der Waals surface area contributed by atoms with Gasteiger partial charge in [-0.25, -0.2) is 0 Å². The number of esters is 1. The monoisotopic (exact) mass is 200 g/mol. The van der Waals surface area contributed by atoms with E-state index in [1.165, 1.54) is 7.11 Å². The van der Waals surface area contributed by atoms with E-state index in [9.17, 15) is 9.59 Å². The third kappa shape index (κ3) is 3.10. The van der Waals surface area contributed by atoms with Gasteiger partial charge in [0.05, 0.1) is 19.6 Å². The van der Waals surface area contributed by atoms with E-state index in [0.29, 0.717) is 6.42 Å². The van der Waals surface area contributed by atoms with E-state index in [4.69, 9.17) is 4.74 Å². The molecule has 0 aromatic carbocycles. The Kier molecular flexibility index (Phi) is 4.07. The highest BCUT2D eigenvalue weighted by Gasteiger charge is 2.27. The number of ketones is 1. The first-order valence-corrected chi connectivity index (χ1v) is 4.88. The number of methoxy groups -OCH3 is 1. The molecule has 2 atom stereocenters. The molecule has 0 bridgehead atoms. The highest BCUT2D eigenvalue weighted by molar-refractivity contribution is 5.87. The van der Waals surface area contributed by atoms with Crippen molar-refractivity contribution in [3.8, 4) is 0 Å². The Hall–Kier alpha value is -0.900. The number of Topliss-reactive ketones (excluding diaryl/α,β-unsaturated/α-hetero) is 1. The van der Waals surface area contributed by atoms with Crippen molar-refractivity contribution in [3.05, 3.63) is 0 Å². The molecule has 0 amide bonds. The molecule has 1 aliphatic heterocycles. The van der Waals surface area contributed by atoms with Crippen LogP contribution >= 0.6 is 0 Å². The maximum absolute atomic E-state index is 11.5.